The molecule has 0 aromatic heterocycles. The van der Waals surface area contributed by atoms with Crippen LogP contribution in [-0.4, -0.2) is 28.8 Å². The Labute approximate surface area is 156 Å². The van der Waals surface area contributed by atoms with Crippen molar-refractivity contribution in [1.29, 1.82) is 0 Å². The topological polar surface area (TPSA) is 75.5 Å². The molecule has 26 heavy (non-hydrogen) atoms. The Morgan fingerprint density at radius 3 is 2.58 bits per heavy atom. The first-order chi connectivity index (χ1) is 12.6. The van der Waals surface area contributed by atoms with E-state index in [2.05, 4.69) is 5.32 Å². The Bertz CT molecular complexity index is 819. The van der Waals surface area contributed by atoms with Crippen molar-refractivity contribution in [1.82, 2.24) is 4.90 Å². The van der Waals surface area contributed by atoms with Crippen LogP contribution in [0.25, 0.3) is 0 Å². The normalized spacial score (nSPS) is 14.1. The van der Waals surface area contributed by atoms with Crippen molar-refractivity contribution < 1.29 is 9.72 Å². The van der Waals surface area contributed by atoms with Crippen molar-refractivity contribution in [3.05, 3.63) is 68.7 Å². The highest BCUT2D eigenvalue weighted by molar-refractivity contribution is 6.31. The smallest absolute Gasteiger partial charge is 0.293 e. The largest absolute Gasteiger partial charge is 0.375 e. The highest BCUT2D eigenvalue weighted by Crippen LogP contribution is 2.28. The van der Waals surface area contributed by atoms with Gasteiger partial charge >= 0.3 is 0 Å². The number of benzene rings is 2. The third-order valence-electron chi connectivity index (χ3n) is 4.51. The first-order valence-corrected chi connectivity index (χ1v) is 8.99. The van der Waals surface area contributed by atoms with Gasteiger partial charge in [-0.05, 0) is 43.0 Å². The van der Waals surface area contributed by atoms with Crippen molar-refractivity contribution >= 4 is 28.9 Å². The minimum atomic E-state index is -0.470. The molecule has 2 aromatic carbocycles. The van der Waals surface area contributed by atoms with Crippen LogP contribution in [0.1, 0.15) is 35.2 Å². The maximum atomic E-state index is 12.6. The van der Waals surface area contributed by atoms with E-state index in [4.69, 9.17) is 11.6 Å². The number of nitro groups is 1. The Morgan fingerprint density at radius 2 is 1.88 bits per heavy atom. The molecule has 1 fully saturated rings. The fourth-order valence-electron chi connectivity index (χ4n) is 3.08. The first kappa shape index (κ1) is 18.2. The van der Waals surface area contributed by atoms with Crippen molar-refractivity contribution in [3.8, 4) is 0 Å². The van der Waals surface area contributed by atoms with Gasteiger partial charge in [0, 0.05) is 36.3 Å². The van der Waals surface area contributed by atoms with E-state index >= 15 is 0 Å². The van der Waals surface area contributed by atoms with Crippen LogP contribution in [0.2, 0.25) is 5.02 Å². The Kier molecular flexibility index (Phi) is 5.73. The maximum Gasteiger partial charge on any atom is 0.293 e. The van der Waals surface area contributed by atoms with Gasteiger partial charge in [0.15, 0.2) is 0 Å². The van der Waals surface area contributed by atoms with E-state index in [1.54, 1.807) is 23.1 Å². The minimum absolute atomic E-state index is 0.111. The molecule has 0 unspecified atom stereocenters. The molecule has 0 atom stereocenters. The molecule has 3 rings (SSSR count). The van der Waals surface area contributed by atoms with Gasteiger partial charge in [-0.1, -0.05) is 29.8 Å². The molecule has 1 aliphatic rings. The summed E-state index contributed by atoms with van der Waals surface area (Å²) in [5, 5.41) is 15.1. The molecule has 7 heteroatoms. The molecule has 0 radical (unpaired) electrons. The van der Waals surface area contributed by atoms with Gasteiger partial charge in [-0.15, -0.1) is 0 Å². The van der Waals surface area contributed by atoms with Crippen LogP contribution >= 0.6 is 11.6 Å². The van der Waals surface area contributed by atoms with Gasteiger partial charge in [0.1, 0.15) is 5.69 Å². The number of hydrogen-bond donors (Lipinski definition) is 1. The van der Waals surface area contributed by atoms with Crippen molar-refractivity contribution in [2.24, 2.45) is 0 Å². The molecular formula is C19H20ClN3O3. The third kappa shape index (κ3) is 4.14. The molecule has 0 aliphatic carbocycles. The molecule has 6 nitrogen and oxygen atoms in total. The number of hydrogen-bond acceptors (Lipinski definition) is 4. The van der Waals surface area contributed by atoms with E-state index in [9.17, 15) is 14.9 Å². The number of anilines is 1. The van der Waals surface area contributed by atoms with Crippen LogP contribution in [0, 0.1) is 10.1 Å². The summed E-state index contributed by atoms with van der Waals surface area (Å²) < 4.78 is 0. The molecule has 1 N–H and O–H groups in total. The SMILES string of the molecule is O=C(c1ccc(NCc2ccccc2Cl)c([N+](=O)[O-])c1)N1CCCCC1. The Morgan fingerprint density at radius 1 is 1.15 bits per heavy atom. The van der Waals surface area contributed by atoms with Crippen LogP contribution in [0.15, 0.2) is 42.5 Å². The van der Waals surface area contributed by atoms with Crippen LogP contribution in [0.5, 0.6) is 0 Å². The second-order valence-corrected chi connectivity index (χ2v) is 6.69. The van der Waals surface area contributed by atoms with Gasteiger partial charge in [-0.3, -0.25) is 14.9 Å². The summed E-state index contributed by atoms with van der Waals surface area (Å²) in [6.07, 6.45) is 3.07. The quantitative estimate of drug-likeness (QED) is 0.619. The van der Waals surface area contributed by atoms with Crippen molar-refractivity contribution in [2.75, 3.05) is 18.4 Å². The van der Waals surface area contributed by atoms with E-state index in [-0.39, 0.29) is 11.6 Å². The number of amides is 1. The van der Waals surface area contributed by atoms with Crippen LogP contribution in [0.4, 0.5) is 11.4 Å². The number of likely N-dealkylation sites (tertiary alicyclic amines) is 1. The van der Waals surface area contributed by atoms with Crippen LogP contribution in [-0.2, 0) is 6.54 Å². The van der Waals surface area contributed by atoms with Gasteiger partial charge in [0.2, 0.25) is 0 Å². The molecule has 0 bridgehead atoms. The zero-order chi connectivity index (χ0) is 18.5. The highest BCUT2D eigenvalue weighted by atomic mass is 35.5. The van der Waals surface area contributed by atoms with Gasteiger partial charge < -0.3 is 10.2 Å². The van der Waals surface area contributed by atoms with Gasteiger partial charge in [-0.2, -0.15) is 0 Å². The zero-order valence-electron chi connectivity index (χ0n) is 14.3. The summed E-state index contributed by atoms with van der Waals surface area (Å²) >= 11 is 6.12. The number of halogens is 1. The lowest BCUT2D eigenvalue weighted by Gasteiger charge is -2.26. The summed E-state index contributed by atoms with van der Waals surface area (Å²) in [7, 11) is 0. The molecule has 136 valence electrons. The average molecular weight is 374 g/mol. The number of piperidine rings is 1. The summed E-state index contributed by atoms with van der Waals surface area (Å²) in [6.45, 7) is 1.78. The highest BCUT2D eigenvalue weighted by Gasteiger charge is 2.22. The second kappa shape index (κ2) is 8.19. The van der Waals surface area contributed by atoms with Gasteiger partial charge in [-0.25, -0.2) is 0 Å². The number of carbonyl (C=O) groups excluding carboxylic acids is 1. The Balaban J connectivity index is 1.79. The summed E-state index contributed by atoms with van der Waals surface area (Å²) in [4.78, 5) is 25.3. The van der Waals surface area contributed by atoms with E-state index in [1.165, 1.54) is 6.07 Å². The molecule has 1 aliphatic heterocycles. The molecule has 0 saturated carbocycles. The average Bonchev–Trinajstić information content (AvgIpc) is 2.67. The van der Waals surface area contributed by atoms with Gasteiger partial charge in [0.05, 0.1) is 4.92 Å². The molecular weight excluding hydrogens is 354 g/mol. The Hall–Kier alpha value is -2.60. The monoisotopic (exact) mass is 373 g/mol. The van der Waals surface area contributed by atoms with Crippen molar-refractivity contribution in [3.63, 3.8) is 0 Å². The fourth-order valence-corrected chi connectivity index (χ4v) is 3.28. The number of nitrogens with zero attached hydrogens (tertiary/aromatic N) is 2. The number of rotatable bonds is 5. The van der Waals surface area contributed by atoms with Gasteiger partial charge in [0.25, 0.3) is 11.6 Å². The molecule has 1 amide bonds. The standard InChI is InChI=1S/C19H20ClN3O3/c20-16-7-3-2-6-15(16)13-21-17-9-8-14(12-18(17)23(25)26)19(24)22-10-4-1-5-11-22/h2-3,6-9,12,21H,1,4-5,10-11,13H2. The molecule has 1 heterocycles. The number of nitrogens with one attached hydrogen (secondary N) is 1. The predicted octanol–water partition coefficient (Wildman–Crippen LogP) is 4.49. The van der Waals surface area contributed by atoms with Crippen LogP contribution in [0.3, 0.4) is 0 Å². The lowest BCUT2D eigenvalue weighted by molar-refractivity contribution is -0.384. The third-order valence-corrected chi connectivity index (χ3v) is 4.88. The lowest BCUT2D eigenvalue weighted by Crippen LogP contribution is -2.35. The maximum absolute atomic E-state index is 12.6. The number of nitro benzene ring substituents is 1. The molecule has 0 spiro atoms. The lowest BCUT2D eigenvalue weighted by atomic mass is 10.1. The molecule has 2 aromatic rings. The summed E-state index contributed by atoms with van der Waals surface area (Å²) in [6, 6.07) is 11.9. The van der Waals surface area contributed by atoms with E-state index < -0.39 is 4.92 Å². The fraction of sp³-hybridized carbons (Fsp3) is 0.316. The minimum Gasteiger partial charge on any atom is -0.375 e. The zero-order valence-corrected chi connectivity index (χ0v) is 15.0. The summed E-state index contributed by atoms with van der Waals surface area (Å²) in [5.74, 6) is -0.148. The van der Waals surface area contributed by atoms with Crippen LogP contribution < -0.4 is 5.32 Å². The van der Waals surface area contributed by atoms with E-state index in [1.807, 2.05) is 18.2 Å². The number of carbonyl (C=O) groups is 1. The van der Waals surface area contributed by atoms with Crippen molar-refractivity contribution in [2.45, 2.75) is 25.8 Å². The second-order valence-electron chi connectivity index (χ2n) is 6.29. The molecule has 1 saturated heterocycles. The summed E-state index contributed by atoms with van der Waals surface area (Å²) in [5.41, 5.74) is 1.45. The van der Waals surface area contributed by atoms with E-state index in [0.29, 0.717) is 35.9 Å². The first-order valence-electron chi connectivity index (χ1n) is 8.61. The predicted molar refractivity (Wildman–Crippen MR) is 102 cm³/mol. The van der Waals surface area contributed by atoms with E-state index in [0.717, 1.165) is 24.8 Å².